The van der Waals surface area contributed by atoms with Crippen molar-refractivity contribution < 1.29 is 13.6 Å². The van der Waals surface area contributed by atoms with Crippen molar-refractivity contribution in [1.29, 1.82) is 0 Å². The van der Waals surface area contributed by atoms with Gasteiger partial charge in [0.2, 0.25) is 5.91 Å². The molecule has 0 aliphatic carbocycles. The highest BCUT2D eigenvalue weighted by Crippen LogP contribution is 2.44. The standard InChI is InChI=1S/C25H27F2N5O/c1-15-8-9-31(32-22-7-5-4-6-21(22)29-16(2)10-24(32)33)23-12-20(25(26)27)19(11-18(15)23)17-13-28-30(3)14-17/h4-7,11-16,25,29H,8-10H2,1-3H3. The van der Waals surface area contributed by atoms with Gasteiger partial charge in [-0.1, -0.05) is 19.1 Å². The zero-order chi connectivity index (χ0) is 23.3. The topological polar surface area (TPSA) is 53.4 Å². The molecule has 33 heavy (non-hydrogen) atoms. The maximum absolute atomic E-state index is 14.3. The SMILES string of the molecule is CC1CC(=O)N(N2CCC(C)c3cc(-c4cnn(C)c4)c(C(F)F)cc32)c2ccccc2N1. The van der Waals surface area contributed by atoms with Gasteiger partial charge < -0.3 is 5.32 Å². The molecule has 1 aromatic heterocycles. The maximum atomic E-state index is 14.3. The number of hydrogen-bond acceptors (Lipinski definition) is 4. The van der Waals surface area contributed by atoms with E-state index in [-0.39, 0.29) is 23.4 Å². The molecule has 3 heterocycles. The molecular weight excluding hydrogens is 424 g/mol. The van der Waals surface area contributed by atoms with Crippen LogP contribution < -0.4 is 15.3 Å². The van der Waals surface area contributed by atoms with Gasteiger partial charge in [0.25, 0.3) is 6.43 Å². The molecule has 8 heteroatoms. The minimum atomic E-state index is -2.65. The number of aromatic nitrogens is 2. The van der Waals surface area contributed by atoms with Crippen molar-refractivity contribution in [3.63, 3.8) is 0 Å². The van der Waals surface area contributed by atoms with Crippen LogP contribution in [0.1, 0.15) is 50.2 Å². The van der Waals surface area contributed by atoms with Crippen molar-refractivity contribution in [1.82, 2.24) is 9.78 Å². The van der Waals surface area contributed by atoms with Crippen LogP contribution in [-0.2, 0) is 11.8 Å². The summed E-state index contributed by atoms with van der Waals surface area (Å²) in [5, 5.41) is 11.1. The molecule has 2 unspecified atom stereocenters. The monoisotopic (exact) mass is 451 g/mol. The van der Waals surface area contributed by atoms with E-state index in [2.05, 4.69) is 17.3 Å². The Balaban J connectivity index is 1.68. The van der Waals surface area contributed by atoms with Crippen LogP contribution >= 0.6 is 0 Å². The number of amides is 1. The molecule has 5 rings (SSSR count). The average Bonchev–Trinajstić information content (AvgIpc) is 3.16. The molecule has 3 aromatic rings. The van der Waals surface area contributed by atoms with Gasteiger partial charge in [0.05, 0.1) is 23.3 Å². The van der Waals surface area contributed by atoms with Gasteiger partial charge in [0, 0.05) is 43.4 Å². The summed E-state index contributed by atoms with van der Waals surface area (Å²) in [7, 11) is 1.77. The van der Waals surface area contributed by atoms with Crippen LogP contribution in [0.4, 0.5) is 25.8 Å². The third-order valence-corrected chi connectivity index (χ3v) is 6.53. The number of carbonyl (C=O) groups is 1. The second-order valence-corrected chi connectivity index (χ2v) is 8.99. The highest BCUT2D eigenvalue weighted by atomic mass is 19.3. The Morgan fingerprint density at radius 3 is 2.67 bits per heavy atom. The Kier molecular flexibility index (Phi) is 5.31. The lowest BCUT2D eigenvalue weighted by molar-refractivity contribution is -0.118. The van der Waals surface area contributed by atoms with Gasteiger partial charge >= 0.3 is 0 Å². The van der Waals surface area contributed by atoms with Crippen molar-refractivity contribution >= 4 is 23.0 Å². The van der Waals surface area contributed by atoms with Crippen LogP contribution in [0.3, 0.4) is 0 Å². The molecule has 1 amide bonds. The summed E-state index contributed by atoms with van der Waals surface area (Å²) in [5.41, 5.74) is 4.31. The molecule has 172 valence electrons. The summed E-state index contributed by atoms with van der Waals surface area (Å²) < 4.78 is 30.1. The zero-order valence-electron chi connectivity index (χ0n) is 18.9. The van der Waals surface area contributed by atoms with Gasteiger partial charge in [-0.05, 0) is 54.7 Å². The Labute approximate surface area is 191 Å². The van der Waals surface area contributed by atoms with E-state index in [0.717, 1.165) is 23.4 Å². The van der Waals surface area contributed by atoms with E-state index >= 15 is 0 Å². The summed E-state index contributed by atoms with van der Waals surface area (Å²) in [6.07, 6.45) is 1.83. The van der Waals surface area contributed by atoms with Crippen LogP contribution in [0.5, 0.6) is 0 Å². The molecule has 0 radical (unpaired) electrons. The molecule has 0 saturated carbocycles. The molecule has 0 saturated heterocycles. The van der Waals surface area contributed by atoms with Crippen LogP contribution in [0.25, 0.3) is 11.1 Å². The average molecular weight is 452 g/mol. The highest BCUT2D eigenvalue weighted by molar-refractivity contribution is 6.01. The Hall–Kier alpha value is -3.42. The summed E-state index contributed by atoms with van der Waals surface area (Å²) >= 11 is 0. The molecular formula is C25H27F2N5O. The normalized spacial score (nSPS) is 20.4. The third-order valence-electron chi connectivity index (χ3n) is 6.53. The molecule has 2 aromatic carbocycles. The van der Waals surface area contributed by atoms with E-state index in [1.165, 1.54) is 0 Å². The lowest BCUT2D eigenvalue weighted by atomic mass is 9.87. The number of aryl methyl sites for hydroxylation is 1. The Morgan fingerprint density at radius 1 is 1.15 bits per heavy atom. The number of hydrogen-bond donors (Lipinski definition) is 1. The lowest BCUT2D eigenvalue weighted by Crippen LogP contribution is -2.50. The molecule has 0 bridgehead atoms. The number of para-hydroxylation sites is 2. The van der Waals surface area contributed by atoms with Gasteiger partial charge in [-0.2, -0.15) is 5.10 Å². The number of alkyl halides is 2. The first-order valence-corrected chi connectivity index (χ1v) is 11.2. The minimum Gasteiger partial charge on any atom is -0.380 e. The molecule has 6 nitrogen and oxygen atoms in total. The van der Waals surface area contributed by atoms with E-state index in [4.69, 9.17) is 0 Å². The fraction of sp³-hybridized carbons (Fsp3) is 0.360. The van der Waals surface area contributed by atoms with Crippen molar-refractivity contribution in [3.8, 4) is 11.1 Å². The van der Waals surface area contributed by atoms with E-state index in [1.807, 2.05) is 42.3 Å². The zero-order valence-corrected chi connectivity index (χ0v) is 18.9. The number of anilines is 3. The number of halogens is 2. The van der Waals surface area contributed by atoms with E-state index < -0.39 is 6.43 Å². The summed E-state index contributed by atoms with van der Waals surface area (Å²) in [5.74, 6) is 0.114. The number of carbonyl (C=O) groups excluding carboxylic acids is 1. The predicted molar refractivity (Wildman–Crippen MR) is 126 cm³/mol. The molecule has 1 N–H and O–H groups in total. The first kappa shape index (κ1) is 21.4. The van der Waals surface area contributed by atoms with Gasteiger partial charge in [0.1, 0.15) is 0 Å². The molecule has 0 fully saturated rings. The highest BCUT2D eigenvalue weighted by Gasteiger charge is 2.35. The lowest BCUT2D eigenvalue weighted by Gasteiger charge is -2.42. The number of fused-ring (bicyclic) bond motifs is 2. The second-order valence-electron chi connectivity index (χ2n) is 8.99. The van der Waals surface area contributed by atoms with E-state index in [1.54, 1.807) is 35.2 Å². The fourth-order valence-electron chi connectivity index (χ4n) is 4.87. The third kappa shape index (κ3) is 3.73. The van der Waals surface area contributed by atoms with E-state index in [0.29, 0.717) is 29.8 Å². The maximum Gasteiger partial charge on any atom is 0.264 e. The van der Waals surface area contributed by atoms with Crippen LogP contribution in [-0.4, -0.2) is 28.3 Å². The number of rotatable bonds is 3. The fourth-order valence-corrected chi connectivity index (χ4v) is 4.87. The van der Waals surface area contributed by atoms with Gasteiger partial charge in [-0.3, -0.25) is 14.5 Å². The first-order valence-electron chi connectivity index (χ1n) is 11.2. The molecule has 2 aliphatic heterocycles. The van der Waals surface area contributed by atoms with Gasteiger partial charge in [-0.15, -0.1) is 0 Å². The smallest absolute Gasteiger partial charge is 0.264 e. The Morgan fingerprint density at radius 2 is 1.94 bits per heavy atom. The van der Waals surface area contributed by atoms with Crippen molar-refractivity contribution in [2.45, 2.75) is 45.1 Å². The summed E-state index contributed by atoms with van der Waals surface area (Å²) in [6.45, 7) is 4.64. The van der Waals surface area contributed by atoms with Crippen molar-refractivity contribution in [2.75, 3.05) is 21.9 Å². The van der Waals surface area contributed by atoms with Crippen LogP contribution in [0.15, 0.2) is 48.8 Å². The van der Waals surface area contributed by atoms with Crippen molar-refractivity contribution in [3.05, 3.63) is 59.9 Å². The second kappa shape index (κ2) is 8.17. The van der Waals surface area contributed by atoms with Gasteiger partial charge in [-0.25, -0.2) is 13.8 Å². The Bertz CT molecular complexity index is 1210. The van der Waals surface area contributed by atoms with Crippen LogP contribution in [0.2, 0.25) is 0 Å². The minimum absolute atomic E-state index is 0.0311. The van der Waals surface area contributed by atoms with Gasteiger partial charge in [0.15, 0.2) is 0 Å². The van der Waals surface area contributed by atoms with Crippen molar-refractivity contribution in [2.24, 2.45) is 7.05 Å². The van der Waals surface area contributed by atoms with E-state index in [9.17, 15) is 13.6 Å². The molecule has 2 atom stereocenters. The predicted octanol–water partition coefficient (Wildman–Crippen LogP) is 5.49. The number of nitrogens with zero attached hydrogens (tertiary/aromatic N) is 4. The molecule has 2 aliphatic rings. The largest absolute Gasteiger partial charge is 0.380 e. The first-order chi connectivity index (χ1) is 15.8. The summed E-state index contributed by atoms with van der Waals surface area (Å²) in [4.78, 5) is 13.4. The van der Waals surface area contributed by atoms with Crippen LogP contribution in [0, 0.1) is 0 Å². The number of nitrogens with one attached hydrogen (secondary N) is 1. The number of benzene rings is 2. The quantitative estimate of drug-likeness (QED) is 0.572. The summed E-state index contributed by atoms with van der Waals surface area (Å²) in [6, 6.07) is 11.1. The molecule has 0 spiro atoms. The number of hydrazine groups is 1.